The van der Waals surface area contributed by atoms with Crippen molar-refractivity contribution in [3.8, 4) is 11.5 Å². The molecule has 0 aromatic heterocycles. The van der Waals surface area contributed by atoms with Gasteiger partial charge in [0, 0.05) is 0 Å². The topological polar surface area (TPSA) is 89.8 Å². The molecule has 18 heavy (non-hydrogen) atoms. The summed E-state index contributed by atoms with van der Waals surface area (Å²) in [5.74, 6) is -1.17. The van der Waals surface area contributed by atoms with Gasteiger partial charge in [0.1, 0.15) is 17.1 Å². The Labute approximate surface area is 106 Å². The van der Waals surface area contributed by atoms with E-state index in [0.29, 0.717) is 12.8 Å². The number of aliphatic hydroxyl groups is 1. The molecule has 1 aromatic carbocycles. The van der Waals surface area contributed by atoms with E-state index in [2.05, 4.69) is 5.32 Å². The molecule has 0 aliphatic heterocycles. The molecule has 5 nitrogen and oxygen atoms in total. The number of phenols is 2. The fourth-order valence-corrected chi connectivity index (χ4v) is 1.75. The van der Waals surface area contributed by atoms with Gasteiger partial charge in [0.25, 0.3) is 5.91 Å². The van der Waals surface area contributed by atoms with Crippen molar-refractivity contribution in [3.63, 3.8) is 0 Å². The Morgan fingerprint density at radius 1 is 1.22 bits per heavy atom. The molecule has 1 aromatic rings. The lowest BCUT2D eigenvalue weighted by Gasteiger charge is -2.30. The second-order valence-electron chi connectivity index (χ2n) is 4.27. The summed E-state index contributed by atoms with van der Waals surface area (Å²) >= 11 is 0. The zero-order valence-corrected chi connectivity index (χ0v) is 10.6. The van der Waals surface area contributed by atoms with E-state index in [1.54, 1.807) is 0 Å². The Bertz CT molecular complexity index is 398. The second kappa shape index (κ2) is 5.73. The first-order valence-corrected chi connectivity index (χ1v) is 5.94. The van der Waals surface area contributed by atoms with Crippen molar-refractivity contribution in [1.29, 1.82) is 0 Å². The predicted octanol–water partition coefficient (Wildman–Crippen LogP) is 1.38. The van der Waals surface area contributed by atoms with Crippen LogP contribution in [-0.4, -0.2) is 33.4 Å². The molecular formula is C13H19NO4. The van der Waals surface area contributed by atoms with Gasteiger partial charge in [-0.1, -0.05) is 19.9 Å². The van der Waals surface area contributed by atoms with Crippen LogP contribution in [0.3, 0.4) is 0 Å². The Morgan fingerprint density at radius 3 is 2.11 bits per heavy atom. The summed E-state index contributed by atoms with van der Waals surface area (Å²) in [5.41, 5.74) is -0.900. The minimum absolute atomic E-state index is 0.169. The molecule has 0 unspecified atom stereocenters. The van der Waals surface area contributed by atoms with Crippen LogP contribution >= 0.6 is 0 Å². The molecule has 5 heteroatoms. The van der Waals surface area contributed by atoms with E-state index < -0.39 is 11.4 Å². The van der Waals surface area contributed by atoms with Crippen molar-refractivity contribution >= 4 is 5.91 Å². The molecule has 0 heterocycles. The van der Waals surface area contributed by atoms with Crippen LogP contribution in [0.15, 0.2) is 18.2 Å². The lowest BCUT2D eigenvalue weighted by molar-refractivity contribution is 0.0812. The lowest BCUT2D eigenvalue weighted by Crippen LogP contribution is -2.50. The first-order chi connectivity index (χ1) is 8.49. The maximum absolute atomic E-state index is 12.0. The molecule has 0 aliphatic rings. The Kier molecular flexibility index (Phi) is 4.55. The van der Waals surface area contributed by atoms with Gasteiger partial charge in [-0.25, -0.2) is 0 Å². The van der Waals surface area contributed by atoms with Crippen molar-refractivity contribution in [2.75, 3.05) is 6.61 Å². The van der Waals surface area contributed by atoms with Crippen LogP contribution in [-0.2, 0) is 0 Å². The van der Waals surface area contributed by atoms with Gasteiger partial charge in [-0.15, -0.1) is 0 Å². The standard InChI is InChI=1S/C13H19NO4/c1-3-13(4-2,8-15)14-12(18)11-9(16)6-5-7-10(11)17/h5-7,15-17H,3-4,8H2,1-2H3,(H,14,18). The van der Waals surface area contributed by atoms with E-state index in [-0.39, 0.29) is 23.7 Å². The summed E-state index contributed by atoms with van der Waals surface area (Å²) in [7, 11) is 0. The third-order valence-electron chi connectivity index (χ3n) is 3.28. The molecule has 1 rings (SSSR count). The minimum Gasteiger partial charge on any atom is -0.507 e. The van der Waals surface area contributed by atoms with Crippen molar-refractivity contribution < 1.29 is 20.1 Å². The number of rotatable bonds is 5. The predicted molar refractivity (Wildman–Crippen MR) is 67.6 cm³/mol. The number of hydrogen-bond donors (Lipinski definition) is 4. The summed E-state index contributed by atoms with van der Waals surface area (Å²) in [6.45, 7) is 3.51. The highest BCUT2D eigenvalue weighted by molar-refractivity contribution is 5.99. The Morgan fingerprint density at radius 2 is 1.72 bits per heavy atom. The molecule has 0 spiro atoms. The van der Waals surface area contributed by atoms with Crippen LogP contribution < -0.4 is 5.32 Å². The number of hydrogen-bond acceptors (Lipinski definition) is 4. The van der Waals surface area contributed by atoms with E-state index in [0.717, 1.165) is 0 Å². The van der Waals surface area contributed by atoms with Crippen LogP contribution in [0, 0.1) is 0 Å². The van der Waals surface area contributed by atoms with E-state index in [1.165, 1.54) is 18.2 Å². The quantitative estimate of drug-likeness (QED) is 0.638. The molecule has 0 saturated carbocycles. The fraction of sp³-hybridized carbons (Fsp3) is 0.462. The molecule has 0 bridgehead atoms. The molecular weight excluding hydrogens is 234 g/mol. The van der Waals surface area contributed by atoms with Gasteiger partial charge in [-0.05, 0) is 25.0 Å². The van der Waals surface area contributed by atoms with E-state index in [9.17, 15) is 20.1 Å². The van der Waals surface area contributed by atoms with E-state index in [4.69, 9.17) is 0 Å². The van der Waals surface area contributed by atoms with Gasteiger partial charge in [0.15, 0.2) is 0 Å². The number of benzene rings is 1. The zero-order chi connectivity index (χ0) is 13.8. The van der Waals surface area contributed by atoms with E-state index in [1.807, 2.05) is 13.8 Å². The highest BCUT2D eigenvalue weighted by atomic mass is 16.3. The molecule has 4 N–H and O–H groups in total. The number of aliphatic hydroxyl groups excluding tert-OH is 1. The van der Waals surface area contributed by atoms with Crippen molar-refractivity contribution in [2.24, 2.45) is 0 Å². The molecule has 0 radical (unpaired) electrons. The van der Waals surface area contributed by atoms with Crippen LogP contribution in [0.25, 0.3) is 0 Å². The molecule has 0 fully saturated rings. The monoisotopic (exact) mass is 253 g/mol. The van der Waals surface area contributed by atoms with Gasteiger partial charge in [-0.3, -0.25) is 4.79 Å². The van der Waals surface area contributed by atoms with Crippen LogP contribution in [0.2, 0.25) is 0 Å². The van der Waals surface area contributed by atoms with Crippen LogP contribution in [0.4, 0.5) is 0 Å². The third kappa shape index (κ3) is 2.73. The fourth-order valence-electron chi connectivity index (χ4n) is 1.75. The number of carbonyl (C=O) groups is 1. The average molecular weight is 253 g/mol. The molecule has 0 atom stereocenters. The molecule has 0 aliphatic carbocycles. The van der Waals surface area contributed by atoms with Gasteiger partial charge < -0.3 is 20.6 Å². The number of nitrogens with one attached hydrogen (secondary N) is 1. The molecule has 1 amide bonds. The van der Waals surface area contributed by atoms with Crippen LogP contribution in [0.1, 0.15) is 37.0 Å². The number of carbonyl (C=O) groups excluding carboxylic acids is 1. The van der Waals surface area contributed by atoms with Gasteiger partial charge in [0.2, 0.25) is 0 Å². The first kappa shape index (κ1) is 14.3. The smallest absolute Gasteiger partial charge is 0.259 e. The largest absolute Gasteiger partial charge is 0.507 e. The highest BCUT2D eigenvalue weighted by Gasteiger charge is 2.29. The zero-order valence-electron chi connectivity index (χ0n) is 10.6. The van der Waals surface area contributed by atoms with Gasteiger partial charge >= 0.3 is 0 Å². The second-order valence-corrected chi connectivity index (χ2v) is 4.27. The third-order valence-corrected chi connectivity index (χ3v) is 3.28. The lowest BCUT2D eigenvalue weighted by atomic mass is 9.93. The average Bonchev–Trinajstić information content (AvgIpc) is 2.36. The van der Waals surface area contributed by atoms with Crippen LogP contribution in [0.5, 0.6) is 11.5 Å². The van der Waals surface area contributed by atoms with Gasteiger partial charge in [0.05, 0.1) is 12.1 Å². The van der Waals surface area contributed by atoms with Crippen molar-refractivity contribution in [1.82, 2.24) is 5.32 Å². The number of aromatic hydroxyl groups is 2. The SMILES string of the molecule is CCC(CC)(CO)NC(=O)c1c(O)cccc1O. The molecule has 0 saturated heterocycles. The van der Waals surface area contributed by atoms with Crippen molar-refractivity contribution in [3.05, 3.63) is 23.8 Å². The normalized spacial score (nSPS) is 11.3. The molecule has 100 valence electrons. The summed E-state index contributed by atoms with van der Waals surface area (Å²) in [5, 5.41) is 31.2. The summed E-state index contributed by atoms with van der Waals surface area (Å²) < 4.78 is 0. The Balaban J connectivity index is 3.02. The minimum atomic E-state index is -0.730. The summed E-state index contributed by atoms with van der Waals surface area (Å²) in [4.78, 5) is 12.0. The first-order valence-electron chi connectivity index (χ1n) is 5.94. The highest BCUT2D eigenvalue weighted by Crippen LogP contribution is 2.27. The maximum atomic E-state index is 12.0. The summed E-state index contributed by atoms with van der Waals surface area (Å²) in [6.07, 6.45) is 1.11. The van der Waals surface area contributed by atoms with E-state index >= 15 is 0 Å². The van der Waals surface area contributed by atoms with Gasteiger partial charge in [-0.2, -0.15) is 0 Å². The Hall–Kier alpha value is -1.75. The number of amides is 1. The summed E-state index contributed by atoms with van der Waals surface area (Å²) in [6, 6.07) is 4.10. The maximum Gasteiger partial charge on any atom is 0.259 e. The number of phenolic OH excluding ortho intramolecular Hbond substituents is 2. The van der Waals surface area contributed by atoms with Crippen molar-refractivity contribution in [2.45, 2.75) is 32.2 Å².